The van der Waals surface area contributed by atoms with Crippen molar-refractivity contribution in [2.45, 2.75) is 58.5 Å². The molecule has 1 aromatic carbocycles. The van der Waals surface area contributed by atoms with E-state index in [0.717, 1.165) is 23.8 Å². The van der Waals surface area contributed by atoms with Crippen LogP contribution < -0.4 is 5.32 Å². The van der Waals surface area contributed by atoms with Gasteiger partial charge in [0.25, 0.3) is 0 Å². The van der Waals surface area contributed by atoms with Crippen LogP contribution in [0.15, 0.2) is 24.3 Å². The summed E-state index contributed by atoms with van der Waals surface area (Å²) in [5, 5.41) is 13.7. The van der Waals surface area contributed by atoms with E-state index in [1.807, 2.05) is 18.2 Å². The van der Waals surface area contributed by atoms with Crippen LogP contribution in [0.5, 0.6) is 5.75 Å². The lowest BCUT2D eigenvalue weighted by atomic mass is 9.79. The Morgan fingerprint density at radius 2 is 1.95 bits per heavy atom. The summed E-state index contributed by atoms with van der Waals surface area (Å²) in [6, 6.07) is 8.57. The van der Waals surface area contributed by atoms with E-state index in [1.54, 1.807) is 6.07 Å². The number of benzene rings is 1. The first kappa shape index (κ1) is 14.4. The molecule has 0 spiro atoms. The molecule has 0 radical (unpaired) electrons. The van der Waals surface area contributed by atoms with Crippen molar-refractivity contribution >= 4 is 0 Å². The van der Waals surface area contributed by atoms with Crippen LogP contribution in [0.4, 0.5) is 0 Å². The third kappa shape index (κ3) is 3.50. The third-order valence-electron chi connectivity index (χ3n) is 4.76. The fourth-order valence-corrected chi connectivity index (χ4v) is 3.19. The van der Waals surface area contributed by atoms with Gasteiger partial charge in [-0.1, -0.05) is 39.0 Å². The number of aromatic hydroxyl groups is 1. The molecule has 1 aliphatic rings. The van der Waals surface area contributed by atoms with Crippen molar-refractivity contribution in [1.29, 1.82) is 0 Å². The van der Waals surface area contributed by atoms with E-state index in [4.69, 9.17) is 0 Å². The van der Waals surface area contributed by atoms with Gasteiger partial charge in [0.15, 0.2) is 0 Å². The molecule has 2 rings (SSSR count). The average molecular weight is 261 g/mol. The SMILES string of the molecule is CCC(NC1CCC(C)C(C)C1)c1ccccc1O. The lowest BCUT2D eigenvalue weighted by Gasteiger charge is -2.35. The summed E-state index contributed by atoms with van der Waals surface area (Å²) in [6.07, 6.45) is 4.84. The van der Waals surface area contributed by atoms with E-state index >= 15 is 0 Å². The Labute approximate surface area is 117 Å². The highest BCUT2D eigenvalue weighted by molar-refractivity contribution is 5.34. The zero-order chi connectivity index (χ0) is 13.8. The summed E-state index contributed by atoms with van der Waals surface area (Å²) in [5.74, 6) is 2.07. The van der Waals surface area contributed by atoms with Crippen LogP contribution in [-0.4, -0.2) is 11.1 Å². The molecule has 0 bridgehead atoms. The number of rotatable bonds is 4. The van der Waals surface area contributed by atoms with E-state index in [-0.39, 0.29) is 6.04 Å². The molecule has 1 saturated carbocycles. The maximum absolute atomic E-state index is 10.00. The van der Waals surface area contributed by atoms with Gasteiger partial charge in [-0.15, -0.1) is 0 Å². The van der Waals surface area contributed by atoms with Gasteiger partial charge in [0, 0.05) is 17.6 Å². The first-order chi connectivity index (χ1) is 9.11. The molecule has 0 aromatic heterocycles. The second-order valence-corrected chi connectivity index (χ2v) is 6.15. The van der Waals surface area contributed by atoms with E-state index in [0.29, 0.717) is 11.8 Å². The Kier molecular flexibility index (Phi) is 4.87. The Morgan fingerprint density at radius 3 is 2.58 bits per heavy atom. The number of hydrogen-bond donors (Lipinski definition) is 2. The zero-order valence-electron chi connectivity index (χ0n) is 12.4. The fraction of sp³-hybridized carbons (Fsp3) is 0.647. The van der Waals surface area contributed by atoms with Gasteiger partial charge in [0.05, 0.1) is 0 Å². The third-order valence-corrected chi connectivity index (χ3v) is 4.76. The molecule has 1 fully saturated rings. The lowest BCUT2D eigenvalue weighted by molar-refractivity contribution is 0.213. The van der Waals surface area contributed by atoms with E-state index < -0.39 is 0 Å². The number of phenolic OH excluding ortho intramolecular Hbond substituents is 1. The number of phenols is 1. The van der Waals surface area contributed by atoms with Crippen LogP contribution in [0.25, 0.3) is 0 Å². The van der Waals surface area contributed by atoms with Crippen molar-refractivity contribution in [2.24, 2.45) is 11.8 Å². The van der Waals surface area contributed by atoms with Crippen molar-refractivity contribution in [1.82, 2.24) is 5.32 Å². The van der Waals surface area contributed by atoms with Gasteiger partial charge in [-0.3, -0.25) is 0 Å². The molecule has 1 aromatic rings. The quantitative estimate of drug-likeness (QED) is 0.849. The molecule has 2 N–H and O–H groups in total. The minimum atomic E-state index is 0.270. The summed E-state index contributed by atoms with van der Waals surface area (Å²) in [5.41, 5.74) is 1.04. The van der Waals surface area contributed by atoms with Gasteiger partial charge in [-0.25, -0.2) is 0 Å². The van der Waals surface area contributed by atoms with E-state index in [1.165, 1.54) is 19.3 Å². The Balaban J connectivity index is 2.02. The summed E-state index contributed by atoms with van der Waals surface area (Å²) < 4.78 is 0. The van der Waals surface area contributed by atoms with E-state index in [9.17, 15) is 5.11 Å². The topological polar surface area (TPSA) is 32.3 Å². The second kappa shape index (κ2) is 6.42. The van der Waals surface area contributed by atoms with Crippen LogP contribution in [0, 0.1) is 11.8 Å². The minimum absolute atomic E-state index is 0.270. The lowest BCUT2D eigenvalue weighted by Crippen LogP contribution is -2.38. The largest absolute Gasteiger partial charge is 0.508 e. The Morgan fingerprint density at radius 1 is 1.21 bits per heavy atom. The van der Waals surface area contributed by atoms with Crippen LogP contribution in [0.1, 0.15) is 58.1 Å². The molecule has 0 saturated heterocycles. The average Bonchev–Trinajstić information content (AvgIpc) is 2.41. The number of nitrogens with one attached hydrogen (secondary N) is 1. The van der Waals surface area contributed by atoms with Crippen molar-refractivity contribution in [3.8, 4) is 5.75 Å². The molecule has 0 heterocycles. The smallest absolute Gasteiger partial charge is 0.120 e. The van der Waals surface area contributed by atoms with Gasteiger partial charge >= 0.3 is 0 Å². The van der Waals surface area contributed by atoms with Gasteiger partial charge in [-0.2, -0.15) is 0 Å². The molecule has 2 nitrogen and oxygen atoms in total. The molecule has 2 heteroatoms. The van der Waals surface area contributed by atoms with Crippen molar-refractivity contribution < 1.29 is 5.11 Å². The molecule has 106 valence electrons. The van der Waals surface area contributed by atoms with Gasteiger partial charge in [-0.05, 0) is 43.6 Å². The molecule has 0 amide bonds. The summed E-state index contributed by atoms with van der Waals surface area (Å²) in [4.78, 5) is 0. The first-order valence-corrected chi connectivity index (χ1v) is 7.65. The van der Waals surface area contributed by atoms with E-state index in [2.05, 4.69) is 26.1 Å². The molecular weight excluding hydrogens is 234 g/mol. The summed E-state index contributed by atoms with van der Waals surface area (Å²) in [6.45, 7) is 6.90. The summed E-state index contributed by atoms with van der Waals surface area (Å²) in [7, 11) is 0. The maximum atomic E-state index is 10.00. The predicted molar refractivity (Wildman–Crippen MR) is 80.2 cm³/mol. The van der Waals surface area contributed by atoms with Gasteiger partial charge < -0.3 is 10.4 Å². The van der Waals surface area contributed by atoms with Crippen molar-refractivity contribution in [3.05, 3.63) is 29.8 Å². The zero-order valence-corrected chi connectivity index (χ0v) is 12.4. The molecule has 19 heavy (non-hydrogen) atoms. The van der Waals surface area contributed by atoms with Gasteiger partial charge in [0.2, 0.25) is 0 Å². The molecule has 4 atom stereocenters. The standard InChI is InChI=1S/C17H27NO/c1-4-16(15-7-5-6-8-17(15)19)18-14-10-9-12(2)13(3)11-14/h5-8,12-14,16,18-19H,4,9-11H2,1-3H3. The van der Waals surface area contributed by atoms with Crippen molar-refractivity contribution in [3.63, 3.8) is 0 Å². The molecule has 1 aliphatic carbocycles. The minimum Gasteiger partial charge on any atom is -0.508 e. The number of hydrogen-bond acceptors (Lipinski definition) is 2. The maximum Gasteiger partial charge on any atom is 0.120 e. The monoisotopic (exact) mass is 261 g/mol. The first-order valence-electron chi connectivity index (χ1n) is 7.65. The summed E-state index contributed by atoms with van der Waals surface area (Å²) >= 11 is 0. The van der Waals surface area contributed by atoms with Crippen LogP contribution in [0.3, 0.4) is 0 Å². The van der Waals surface area contributed by atoms with Crippen LogP contribution in [-0.2, 0) is 0 Å². The van der Waals surface area contributed by atoms with Crippen LogP contribution >= 0.6 is 0 Å². The highest BCUT2D eigenvalue weighted by Gasteiger charge is 2.26. The fourth-order valence-electron chi connectivity index (χ4n) is 3.19. The Bertz CT molecular complexity index is 404. The Hall–Kier alpha value is -1.02. The van der Waals surface area contributed by atoms with Gasteiger partial charge in [0.1, 0.15) is 5.75 Å². The number of para-hydroxylation sites is 1. The highest BCUT2D eigenvalue weighted by atomic mass is 16.3. The molecule has 4 unspecified atom stereocenters. The predicted octanol–water partition coefficient (Wildman–Crippen LogP) is 4.26. The molecular formula is C17H27NO. The molecule has 0 aliphatic heterocycles. The normalized spacial score (nSPS) is 29.1. The van der Waals surface area contributed by atoms with Crippen LogP contribution in [0.2, 0.25) is 0 Å². The highest BCUT2D eigenvalue weighted by Crippen LogP contribution is 2.32. The second-order valence-electron chi connectivity index (χ2n) is 6.15. The van der Waals surface area contributed by atoms with Crippen molar-refractivity contribution in [2.75, 3.05) is 0 Å².